The van der Waals surface area contributed by atoms with Gasteiger partial charge >= 0.3 is 22.6 Å². The fourth-order valence-electron chi connectivity index (χ4n) is 0.586. The summed E-state index contributed by atoms with van der Waals surface area (Å²) in [5.74, 6) is 0. The van der Waals surface area contributed by atoms with Crippen molar-refractivity contribution in [2.75, 3.05) is 0 Å². The molecular weight excluding hydrogens is 219 g/mol. The van der Waals surface area contributed by atoms with Gasteiger partial charge in [-0.05, 0) is 0 Å². The number of rotatable bonds is 1. The van der Waals surface area contributed by atoms with Gasteiger partial charge in [0.05, 0.1) is 0 Å². The normalized spacial score (nSPS) is 7.90. The first kappa shape index (κ1) is 9.68. The van der Waals surface area contributed by atoms with Crippen molar-refractivity contribution >= 4 is 0 Å². The summed E-state index contributed by atoms with van der Waals surface area (Å²) in [7, 11) is 0. The molecule has 0 spiro atoms. The molecule has 0 atom stereocenters. The van der Waals surface area contributed by atoms with Crippen molar-refractivity contribution in [1.82, 2.24) is 0 Å². The molecule has 0 aliphatic heterocycles. The van der Waals surface area contributed by atoms with E-state index in [-0.39, 0.29) is 0 Å². The third-order valence-electron chi connectivity index (χ3n) is 1.04. The summed E-state index contributed by atoms with van der Waals surface area (Å²) in [5, 5.41) is 0. The van der Waals surface area contributed by atoms with Crippen LogP contribution in [0.15, 0.2) is 24.3 Å². The molecule has 0 unspecified atom stereocenters. The van der Waals surface area contributed by atoms with Gasteiger partial charge in [-0.25, -0.2) is 0 Å². The molecular formula is C8H8OPd-2. The van der Waals surface area contributed by atoms with Crippen LogP contribution in [0.25, 0.3) is 0 Å². The van der Waals surface area contributed by atoms with E-state index in [1.165, 1.54) is 24.7 Å². The molecule has 0 saturated heterocycles. The molecule has 10 heavy (non-hydrogen) atoms. The van der Waals surface area contributed by atoms with Crippen molar-refractivity contribution in [3.63, 3.8) is 0 Å². The Hall–Kier alpha value is -0.318. The Labute approximate surface area is 72.2 Å². The van der Waals surface area contributed by atoms with Crippen LogP contribution >= 0.6 is 0 Å². The second-order valence-electron chi connectivity index (χ2n) is 1.64. The van der Waals surface area contributed by atoms with Crippen LogP contribution in [-0.4, -0.2) is 0 Å². The van der Waals surface area contributed by atoms with E-state index in [0.29, 0.717) is 0 Å². The molecule has 0 aliphatic carbocycles. The minimum atomic E-state index is 0.834. The maximum atomic E-state index is 8.10. The van der Waals surface area contributed by atoms with Crippen molar-refractivity contribution in [1.29, 1.82) is 0 Å². The molecule has 58 valence electrons. The average molecular weight is 227 g/mol. The minimum absolute atomic E-state index is 0.834. The van der Waals surface area contributed by atoms with Crippen LogP contribution in [0.1, 0.15) is 5.56 Å². The van der Waals surface area contributed by atoms with Crippen LogP contribution in [0, 0.1) is 13.0 Å². The quantitative estimate of drug-likeness (QED) is 0.527. The summed E-state index contributed by atoms with van der Waals surface area (Å²) in [6.07, 6.45) is 0.834. The molecule has 0 aromatic heterocycles. The van der Waals surface area contributed by atoms with Crippen LogP contribution in [0.5, 0.6) is 0 Å². The molecule has 0 saturated carbocycles. The second kappa shape index (κ2) is 6.80. The SMILES string of the molecule is [CH2-]Cc1[c-]cccc1.[O]=[Pd]. The van der Waals surface area contributed by atoms with Gasteiger partial charge in [-0.2, -0.15) is 42.3 Å². The van der Waals surface area contributed by atoms with E-state index < -0.39 is 0 Å². The molecule has 0 fully saturated rings. The molecule has 1 aromatic carbocycles. The molecule has 1 aromatic rings. The average Bonchev–Trinajstić information content (AvgIpc) is 2.10. The monoisotopic (exact) mass is 226 g/mol. The van der Waals surface area contributed by atoms with Gasteiger partial charge in [0.25, 0.3) is 0 Å². The summed E-state index contributed by atoms with van der Waals surface area (Å²) in [6, 6.07) is 10.9. The molecule has 0 aliphatic rings. The predicted molar refractivity (Wildman–Crippen MR) is 35.0 cm³/mol. The van der Waals surface area contributed by atoms with E-state index in [1.807, 2.05) is 24.3 Å². The third kappa shape index (κ3) is 3.66. The first-order valence-corrected chi connectivity index (χ1v) is 3.44. The molecule has 1 rings (SSSR count). The van der Waals surface area contributed by atoms with Gasteiger partial charge in [0.15, 0.2) is 0 Å². The first-order valence-electron chi connectivity index (χ1n) is 2.81. The zero-order valence-corrected chi connectivity index (χ0v) is 7.00. The Morgan fingerprint density at radius 2 is 2.20 bits per heavy atom. The van der Waals surface area contributed by atoms with Crippen molar-refractivity contribution < 1.29 is 22.6 Å². The molecule has 0 amide bonds. The Morgan fingerprint density at radius 1 is 1.50 bits per heavy atom. The zero-order chi connectivity index (χ0) is 7.82. The van der Waals surface area contributed by atoms with E-state index in [1.54, 1.807) is 0 Å². The van der Waals surface area contributed by atoms with Crippen LogP contribution in [0.2, 0.25) is 0 Å². The molecule has 0 bridgehead atoms. The van der Waals surface area contributed by atoms with E-state index in [9.17, 15) is 0 Å². The van der Waals surface area contributed by atoms with Crippen LogP contribution in [-0.2, 0) is 29.0 Å². The van der Waals surface area contributed by atoms with Crippen molar-refractivity contribution in [3.8, 4) is 0 Å². The first-order chi connectivity index (χ1) is 4.93. The molecule has 0 N–H and O–H groups in total. The van der Waals surface area contributed by atoms with Crippen LogP contribution in [0.4, 0.5) is 0 Å². The number of hydrogen-bond donors (Lipinski definition) is 0. The summed E-state index contributed by atoms with van der Waals surface area (Å²) >= 11 is 1.50. The summed E-state index contributed by atoms with van der Waals surface area (Å²) in [5.41, 5.74) is 1.17. The summed E-state index contributed by atoms with van der Waals surface area (Å²) < 4.78 is 8.10. The fraction of sp³-hybridized carbons (Fsp3) is 0.125. The van der Waals surface area contributed by atoms with Gasteiger partial charge in [-0.1, -0.05) is 0 Å². The second-order valence-corrected chi connectivity index (χ2v) is 1.64. The summed E-state index contributed by atoms with van der Waals surface area (Å²) in [4.78, 5) is 0. The molecule has 1 nitrogen and oxygen atoms in total. The Morgan fingerprint density at radius 3 is 2.50 bits per heavy atom. The third-order valence-corrected chi connectivity index (χ3v) is 1.04. The number of benzene rings is 1. The van der Waals surface area contributed by atoms with Gasteiger partial charge in [-0.3, -0.25) is 0 Å². The van der Waals surface area contributed by atoms with Crippen molar-refractivity contribution in [3.05, 3.63) is 42.8 Å². The predicted octanol–water partition coefficient (Wildman–Crippen LogP) is 1.74. The van der Waals surface area contributed by atoms with E-state index >= 15 is 0 Å². The van der Waals surface area contributed by atoms with Gasteiger partial charge < -0.3 is 6.92 Å². The Kier molecular flexibility index (Phi) is 6.58. The van der Waals surface area contributed by atoms with Crippen LogP contribution in [0.3, 0.4) is 0 Å². The zero-order valence-electron chi connectivity index (χ0n) is 5.45. The van der Waals surface area contributed by atoms with Gasteiger partial charge in [-0.15, -0.1) is 0 Å². The number of hydrogen-bond acceptors (Lipinski definition) is 1. The summed E-state index contributed by atoms with van der Waals surface area (Å²) in [6.45, 7) is 3.72. The van der Waals surface area contributed by atoms with Crippen molar-refractivity contribution in [2.24, 2.45) is 0 Å². The van der Waals surface area contributed by atoms with E-state index in [4.69, 9.17) is 3.47 Å². The Bertz CT molecular complexity index is 162. The van der Waals surface area contributed by atoms with Crippen LogP contribution < -0.4 is 0 Å². The van der Waals surface area contributed by atoms with Crippen molar-refractivity contribution in [2.45, 2.75) is 6.42 Å². The van der Waals surface area contributed by atoms with Gasteiger partial charge in [0, 0.05) is 0 Å². The maximum absolute atomic E-state index is 8.10. The topological polar surface area (TPSA) is 17.1 Å². The Balaban J connectivity index is 0.000000371. The fourth-order valence-corrected chi connectivity index (χ4v) is 0.586. The van der Waals surface area contributed by atoms with Gasteiger partial charge in [0.1, 0.15) is 0 Å². The molecule has 0 radical (unpaired) electrons. The van der Waals surface area contributed by atoms with E-state index in [0.717, 1.165) is 6.42 Å². The van der Waals surface area contributed by atoms with E-state index in [2.05, 4.69) is 13.0 Å². The molecule has 2 heteroatoms. The standard InChI is InChI=1S/C8H8.O.Pd/c1-2-8-6-4-3-5-7-8;;/h3-6H,1-2H2;;/q-2;;. The molecule has 0 heterocycles. The van der Waals surface area contributed by atoms with Gasteiger partial charge in [0.2, 0.25) is 0 Å².